The van der Waals surface area contributed by atoms with E-state index in [1.165, 1.54) is 11.5 Å². The van der Waals surface area contributed by atoms with Gasteiger partial charge in [0.1, 0.15) is 11.8 Å². The van der Waals surface area contributed by atoms with Gasteiger partial charge in [-0.15, -0.1) is 0 Å². The van der Waals surface area contributed by atoms with E-state index >= 15 is 0 Å². The molecule has 2 aromatic heterocycles. The third kappa shape index (κ3) is 2.08. The fraction of sp³-hybridized carbons (Fsp3) is 0.333. The van der Waals surface area contributed by atoms with Crippen molar-refractivity contribution in [3.63, 3.8) is 0 Å². The van der Waals surface area contributed by atoms with Crippen LogP contribution in [-0.2, 0) is 0 Å². The smallest absolute Gasteiger partial charge is 0.138 e. The standard InChI is InChI=1S/C12H10BrN3OS/c13-11-1-10(17-5-8-6-18-7-8)4-16-12(11)9(2-14)3-15-16/h1,3-4,8H,5-7H2. The summed E-state index contributed by atoms with van der Waals surface area (Å²) in [7, 11) is 0. The molecule has 0 spiro atoms. The van der Waals surface area contributed by atoms with Crippen molar-refractivity contribution < 1.29 is 4.74 Å². The molecular formula is C12H10BrN3OS. The van der Waals surface area contributed by atoms with Crippen LogP contribution in [-0.4, -0.2) is 27.7 Å². The summed E-state index contributed by atoms with van der Waals surface area (Å²) >= 11 is 5.41. The summed E-state index contributed by atoms with van der Waals surface area (Å²) in [5, 5.41) is 13.1. The second kappa shape index (κ2) is 4.82. The van der Waals surface area contributed by atoms with Gasteiger partial charge in [-0.3, -0.25) is 0 Å². The minimum Gasteiger partial charge on any atom is -0.492 e. The van der Waals surface area contributed by atoms with Gasteiger partial charge in [0.25, 0.3) is 0 Å². The van der Waals surface area contributed by atoms with Crippen molar-refractivity contribution in [1.82, 2.24) is 9.61 Å². The van der Waals surface area contributed by atoms with Crippen LogP contribution in [0.5, 0.6) is 5.75 Å². The van der Waals surface area contributed by atoms with Crippen LogP contribution in [0.3, 0.4) is 0 Å². The van der Waals surface area contributed by atoms with Crippen LogP contribution in [0, 0.1) is 17.2 Å². The minimum atomic E-state index is 0.559. The second-order valence-corrected chi connectivity index (χ2v) is 6.13. The molecule has 92 valence electrons. The van der Waals surface area contributed by atoms with Crippen molar-refractivity contribution in [3.05, 3.63) is 28.5 Å². The SMILES string of the molecule is N#Cc1cnn2cc(OCC3CSC3)cc(Br)c12. The molecule has 1 aliphatic rings. The first-order valence-corrected chi connectivity index (χ1v) is 7.50. The zero-order valence-electron chi connectivity index (χ0n) is 9.47. The molecule has 18 heavy (non-hydrogen) atoms. The highest BCUT2D eigenvalue weighted by Crippen LogP contribution is 2.28. The summed E-state index contributed by atoms with van der Waals surface area (Å²) in [6.45, 7) is 0.747. The molecule has 0 amide bonds. The van der Waals surface area contributed by atoms with E-state index in [4.69, 9.17) is 10.00 Å². The monoisotopic (exact) mass is 323 g/mol. The van der Waals surface area contributed by atoms with Crippen LogP contribution in [0.4, 0.5) is 0 Å². The maximum absolute atomic E-state index is 8.98. The highest BCUT2D eigenvalue weighted by molar-refractivity contribution is 9.10. The molecule has 2 aromatic rings. The first-order valence-electron chi connectivity index (χ1n) is 5.55. The fourth-order valence-corrected chi connectivity index (χ4v) is 3.19. The molecule has 0 saturated carbocycles. The lowest BCUT2D eigenvalue weighted by Crippen LogP contribution is -2.25. The Morgan fingerprint density at radius 1 is 1.61 bits per heavy atom. The summed E-state index contributed by atoms with van der Waals surface area (Å²) in [5.74, 6) is 3.81. The number of hydrogen-bond acceptors (Lipinski definition) is 4. The summed E-state index contributed by atoms with van der Waals surface area (Å²) < 4.78 is 8.26. The number of thioether (sulfide) groups is 1. The quantitative estimate of drug-likeness (QED) is 0.871. The van der Waals surface area contributed by atoms with Gasteiger partial charge in [-0.2, -0.15) is 22.1 Å². The van der Waals surface area contributed by atoms with Crippen LogP contribution in [0.2, 0.25) is 0 Å². The predicted octanol–water partition coefficient (Wildman–Crippen LogP) is 2.71. The van der Waals surface area contributed by atoms with Crippen LogP contribution in [0.15, 0.2) is 22.9 Å². The predicted molar refractivity (Wildman–Crippen MR) is 73.9 cm³/mol. The molecule has 3 rings (SSSR count). The molecule has 1 aliphatic heterocycles. The Morgan fingerprint density at radius 2 is 2.44 bits per heavy atom. The third-order valence-corrected chi connectivity index (χ3v) is 4.87. The topological polar surface area (TPSA) is 50.3 Å². The Hall–Kier alpha value is -1.19. The highest BCUT2D eigenvalue weighted by Gasteiger charge is 2.19. The number of aromatic nitrogens is 2. The first-order chi connectivity index (χ1) is 8.78. The molecule has 0 N–H and O–H groups in total. The first kappa shape index (κ1) is 11.9. The van der Waals surface area contributed by atoms with Crippen molar-refractivity contribution in [2.24, 2.45) is 5.92 Å². The van der Waals surface area contributed by atoms with Crippen LogP contribution in [0.25, 0.3) is 5.52 Å². The Morgan fingerprint density at radius 3 is 3.11 bits per heavy atom. The van der Waals surface area contributed by atoms with Crippen molar-refractivity contribution >= 4 is 33.2 Å². The number of rotatable bonds is 3. The lowest BCUT2D eigenvalue weighted by Gasteiger charge is -2.24. The van der Waals surface area contributed by atoms with Gasteiger partial charge in [-0.05, 0) is 22.0 Å². The summed E-state index contributed by atoms with van der Waals surface area (Å²) in [6.07, 6.45) is 3.37. The molecule has 0 bridgehead atoms. The summed E-state index contributed by atoms with van der Waals surface area (Å²) in [4.78, 5) is 0. The van der Waals surface area contributed by atoms with E-state index in [0.717, 1.165) is 22.3 Å². The second-order valence-electron chi connectivity index (χ2n) is 4.20. The Labute approximate surface area is 117 Å². The van der Waals surface area contributed by atoms with Gasteiger partial charge < -0.3 is 4.74 Å². The van der Waals surface area contributed by atoms with Crippen LogP contribution < -0.4 is 4.74 Å². The van der Waals surface area contributed by atoms with E-state index < -0.39 is 0 Å². The van der Waals surface area contributed by atoms with Gasteiger partial charge in [0, 0.05) is 21.9 Å². The summed E-state index contributed by atoms with van der Waals surface area (Å²) in [6, 6.07) is 4.01. The Bertz CT molecular complexity index is 630. The van der Waals surface area contributed by atoms with Gasteiger partial charge in [0.05, 0.1) is 30.1 Å². The molecule has 4 nitrogen and oxygen atoms in total. The van der Waals surface area contributed by atoms with Crippen molar-refractivity contribution in [3.8, 4) is 11.8 Å². The van der Waals surface area contributed by atoms with Crippen molar-refractivity contribution in [1.29, 1.82) is 5.26 Å². The molecule has 6 heteroatoms. The molecule has 0 radical (unpaired) electrons. The van der Waals surface area contributed by atoms with Crippen molar-refractivity contribution in [2.75, 3.05) is 18.1 Å². The lowest BCUT2D eigenvalue weighted by atomic mass is 10.2. The van der Waals surface area contributed by atoms with Crippen molar-refractivity contribution in [2.45, 2.75) is 0 Å². The van der Waals surface area contributed by atoms with Gasteiger partial charge >= 0.3 is 0 Å². The number of fused-ring (bicyclic) bond motifs is 1. The van der Waals surface area contributed by atoms with Gasteiger partial charge in [0.15, 0.2) is 0 Å². The summed E-state index contributed by atoms with van der Waals surface area (Å²) in [5.41, 5.74) is 1.34. The molecule has 0 atom stereocenters. The maximum Gasteiger partial charge on any atom is 0.138 e. The molecular weight excluding hydrogens is 314 g/mol. The fourth-order valence-electron chi connectivity index (χ4n) is 1.80. The minimum absolute atomic E-state index is 0.559. The Balaban J connectivity index is 1.87. The van der Waals surface area contributed by atoms with E-state index in [9.17, 15) is 0 Å². The van der Waals surface area contributed by atoms with E-state index in [-0.39, 0.29) is 0 Å². The number of hydrogen-bond donors (Lipinski definition) is 0. The van der Waals surface area contributed by atoms with E-state index in [1.54, 1.807) is 10.7 Å². The van der Waals surface area contributed by atoms with E-state index in [2.05, 4.69) is 27.1 Å². The largest absolute Gasteiger partial charge is 0.492 e. The number of pyridine rings is 1. The number of ether oxygens (including phenoxy) is 1. The average molecular weight is 324 g/mol. The maximum atomic E-state index is 8.98. The van der Waals surface area contributed by atoms with Gasteiger partial charge in [-0.1, -0.05) is 0 Å². The normalized spacial score (nSPS) is 15.3. The number of halogens is 1. The lowest BCUT2D eigenvalue weighted by molar-refractivity contribution is 0.268. The average Bonchev–Trinajstić information content (AvgIpc) is 2.70. The Kier molecular flexibility index (Phi) is 3.18. The van der Waals surface area contributed by atoms with E-state index in [1.807, 2.05) is 24.0 Å². The zero-order valence-corrected chi connectivity index (χ0v) is 11.9. The third-order valence-electron chi connectivity index (χ3n) is 2.85. The molecule has 0 aliphatic carbocycles. The number of nitriles is 1. The molecule has 3 heterocycles. The van der Waals surface area contributed by atoms with Gasteiger partial charge in [-0.25, -0.2) is 4.52 Å². The van der Waals surface area contributed by atoms with Gasteiger partial charge in [0.2, 0.25) is 0 Å². The number of nitrogens with zero attached hydrogens (tertiary/aromatic N) is 3. The molecule has 1 fully saturated rings. The van der Waals surface area contributed by atoms with Crippen LogP contribution >= 0.6 is 27.7 Å². The van der Waals surface area contributed by atoms with E-state index in [0.29, 0.717) is 11.5 Å². The van der Waals surface area contributed by atoms with Crippen LogP contribution in [0.1, 0.15) is 5.56 Å². The zero-order chi connectivity index (χ0) is 12.5. The highest BCUT2D eigenvalue weighted by atomic mass is 79.9. The molecule has 0 aromatic carbocycles. The molecule has 1 saturated heterocycles. The molecule has 0 unspecified atom stereocenters.